The Morgan fingerprint density at radius 1 is 1.27 bits per heavy atom. The Morgan fingerprint density at radius 3 is 2.23 bits per heavy atom. The van der Waals surface area contributed by atoms with Crippen molar-refractivity contribution < 1.29 is 24.2 Å². The van der Waals surface area contributed by atoms with Crippen LogP contribution in [0.1, 0.15) is 47.5 Å². The third-order valence-electron chi connectivity index (χ3n) is 3.80. The largest absolute Gasteiger partial charge is 0.480 e. The Bertz CT molecular complexity index is 469. The highest BCUT2D eigenvalue weighted by Crippen LogP contribution is 2.27. The lowest BCUT2D eigenvalue weighted by atomic mass is 9.85. The van der Waals surface area contributed by atoms with Gasteiger partial charge >= 0.3 is 11.9 Å². The number of ether oxygens (including phenoxy) is 1. The van der Waals surface area contributed by atoms with Crippen molar-refractivity contribution in [2.24, 2.45) is 11.7 Å². The number of esters is 1. The predicted octanol–water partition coefficient (Wildman–Crippen LogP) is 0.757. The van der Waals surface area contributed by atoms with Crippen molar-refractivity contribution in [3.63, 3.8) is 0 Å². The van der Waals surface area contributed by atoms with E-state index in [4.69, 9.17) is 10.5 Å². The van der Waals surface area contributed by atoms with Crippen LogP contribution in [0.4, 0.5) is 0 Å². The summed E-state index contributed by atoms with van der Waals surface area (Å²) in [5.41, 5.74) is 3.45. The second-order valence-electron chi connectivity index (χ2n) is 7.02. The van der Waals surface area contributed by atoms with Crippen LogP contribution in [0, 0.1) is 5.92 Å². The molecule has 7 heteroatoms. The summed E-state index contributed by atoms with van der Waals surface area (Å²) in [5, 5.41) is 9.21. The van der Waals surface area contributed by atoms with Gasteiger partial charge < -0.3 is 20.5 Å². The second kappa shape index (κ2) is 6.24. The third-order valence-corrected chi connectivity index (χ3v) is 3.80. The molecule has 7 nitrogen and oxygen atoms in total. The van der Waals surface area contributed by atoms with Gasteiger partial charge in [-0.2, -0.15) is 0 Å². The molecule has 0 bridgehead atoms. The maximum absolute atomic E-state index is 12.8. The molecule has 0 aromatic carbocycles. The van der Waals surface area contributed by atoms with Gasteiger partial charge in [-0.1, -0.05) is 13.8 Å². The first kappa shape index (κ1) is 18.4. The molecule has 3 N–H and O–H groups in total. The molecular formula is C15H26N2O5. The van der Waals surface area contributed by atoms with E-state index in [1.54, 1.807) is 34.6 Å². The number of hydrogen-bond donors (Lipinski definition) is 2. The Morgan fingerprint density at radius 2 is 1.82 bits per heavy atom. The van der Waals surface area contributed by atoms with Crippen LogP contribution >= 0.6 is 0 Å². The molecule has 1 aliphatic rings. The maximum atomic E-state index is 12.8. The predicted molar refractivity (Wildman–Crippen MR) is 80.0 cm³/mol. The monoisotopic (exact) mass is 314 g/mol. The fourth-order valence-corrected chi connectivity index (χ4v) is 2.44. The molecule has 0 spiro atoms. The molecule has 0 unspecified atom stereocenters. The van der Waals surface area contributed by atoms with Crippen LogP contribution in [0.2, 0.25) is 0 Å². The lowest BCUT2D eigenvalue weighted by molar-refractivity contribution is -0.171. The lowest BCUT2D eigenvalue weighted by Crippen LogP contribution is -2.66. The molecule has 1 fully saturated rings. The minimum atomic E-state index is -1.88. The van der Waals surface area contributed by atoms with Gasteiger partial charge in [0.1, 0.15) is 11.6 Å². The van der Waals surface area contributed by atoms with Crippen LogP contribution in [0.5, 0.6) is 0 Å². The number of hydrogen-bond acceptors (Lipinski definition) is 5. The van der Waals surface area contributed by atoms with Crippen LogP contribution in [0.25, 0.3) is 0 Å². The molecular weight excluding hydrogens is 288 g/mol. The summed E-state index contributed by atoms with van der Waals surface area (Å²) in [7, 11) is 0. The summed E-state index contributed by atoms with van der Waals surface area (Å²) in [4.78, 5) is 37.7. The Kier molecular flexibility index (Phi) is 5.22. The average Bonchev–Trinajstić information content (AvgIpc) is 2.83. The SMILES string of the molecule is CC(C)[C@@](N)(C(=O)OC(C)(C)C)C(=O)N1CCC[C@H]1C(=O)O. The van der Waals surface area contributed by atoms with Gasteiger partial charge in [0.05, 0.1) is 0 Å². The first-order valence-corrected chi connectivity index (χ1v) is 7.47. The Hall–Kier alpha value is -1.63. The number of carboxylic acid groups (broad SMARTS) is 1. The van der Waals surface area contributed by atoms with Gasteiger partial charge in [0.25, 0.3) is 5.91 Å². The van der Waals surface area contributed by atoms with Gasteiger partial charge in [0, 0.05) is 6.54 Å². The van der Waals surface area contributed by atoms with E-state index in [1.165, 1.54) is 4.90 Å². The number of aliphatic carboxylic acids is 1. The van der Waals surface area contributed by atoms with E-state index in [0.29, 0.717) is 12.8 Å². The van der Waals surface area contributed by atoms with Crippen LogP contribution in [-0.4, -0.2) is 51.6 Å². The highest BCUT2D eigenvalue weighted by atomic mass is 16.6. The lowest BCUT2D eigenvalue weighted by Gasteiger charge is -2.36. The van der Waals surface area contributed by atoms with E-state index in [1.807, 2.05) is 0 Å². The standard InChI is InChI=1S/C15H26N2O5/c1-9(2)15(16,13(21)22-14(3,4)5)12(20)17-8-6-7-10(17)11(18)19/h9-10H,6-8,16H2,1-5H3,(H,18,19)/t10-,15-/m0/s1. The van der Waals surface area contributed by atoms with Crippen molar-refractivity contribution in [1.29, 1.82) is 0 Å². The molecule has 0 aromatic heterocycles. The summed E-state index contributed by atoms with van der Waals surface area (Å²) in [6.07, 6.45) is 0.939. The van der Waals surface area contributed by atoms with Crippen molar-refractivity contribution in [3.05, 3.63) is 0 Å². The number of carbonyl (C=O) groups is 3. The summed E-state index contributed by atoms with van der Waals surface area (Å²) in [5.74, 6) is -3.11. The summed E-state index contributed by atoms with van der Waals surface area (Å²) < 4.78 is 5.28. The van der Waals surface area contributed by atoms with Crippen LogP contribution in [0.15, 0.2) is 0 Å². The minimum absolute atomic E-state index is 0.282. The molecule has 126 valence electrons. The average molecular weight is 314 g/mol. The van der Waals surface area contributed by atoms with E-state index in [9.17, 15) is 19.5 Å². The van der Waals surface area contributed by atoms with Gasteiger partial charge in [-0.15, -0.1) is 0 Å². The molecule has 0 saturated carbocycles. The molecule has 2 atom stereocenters. The second-order valence-corrected chi connectivity index (χ2v) is 7.02. The quantitative estimate of drug-likeness (QED) is 0.585. The van der Waals surface area contributed by atoms with Crippen molar-refractivity contribution in [1.82, 2.24) is 4.90 Å². The minimum Gasteiger partial charge on any atom is -0.480 e. The number of nitrogens with two attached hydrogens (primary N) is 1. The topological polar surface area (TPSA) is 110 Å². The van der Waals surface area contributed by atoms with E-state index >= 15 is 0 Å². The molecule has 1 saturated heterocycles. The van der Waals surface area contributed by atoms with E-state index < -0.39 is 40.9 Å². The van der Waals surface area contributed by atoms with Gasteiger partial charge in [-0.3, -0.25) is 4.79 Å². The zero-order chi connectivity index (χ0) is 17.3. The van der Waals surface area contributed by atoms with Crippen LogP contribution in [-0.2, 0) is 19.1 Å². The third kappa shape index (κ3) is 3.58. The van der Waals surface area contributed by atoms with Gasteiger partial charge in [0.2, 0.25) is 0 Å². The molecule has 0 radical (unpaired) electrons. The number of carboxylic acids is 1. The Balaban J connectivity index is 3.11. The van der Waals surface area contributed by atoms with E-state index in [0.717, 1.165) is 0 Å². The normalized spacial score (nSPS) is 21.6. The molecule has 1 heterocycles. The summed E-state index contributed by atoms with van der Waals surface area (Å²) in [6, 6.07) is -0.934. The van der Waals surface area contributed by atoms with Gasteiger partial charge in [0.15, 0.2) is 5.54 Å². The van der Waals surface area contributed by atoms with Crippen molar-refractivity contribution >= 4 is 17.8 Å². The summed E-state index contributed by atoms with van der Waals surface area (Å²) >= 11 is 0. The number of likely N-dealkylation sites (tertiary alicyclic amines) is 1. The van der Waals surface area contributed by atoms with E-state index in [2.05, 4.69) is 0 Å². The van der Waals surface area contributed by atoms with Gasteiger partial charge in [-0.05, 0) is 39.5 Å². The van der Waals surface area contributed by atoms with Crippen LogP contribution in [0.3, 0.4) is 0 Å². The maximum Gasteiger partial charge on any atom is 0.336 e. The smallest absolute Gasteiger partial charge is 0.336 e. The molecule has 1 amide bonds. The van der Waals surface area contributed by atoms with E-state index in [-0.39, 0.29) is 6.54 Å². The number of carbonyl (C=O) groups excluding carboxylic acids is 2. The highest BCUT2D eigenvalue weighted by Gasteiger charge is 2.52. The van der Waals surface area contributed by atoms with Crippen LogP contribution < -0.4 is 5.73 Å². The molecule has 0 aliphatic carbocycles. The van der Waals surface area contributed by atoms with Crippen molar-refractivity contribution in [2.45, 2.75) is 64.6 Å². The first-order chi connectivity index (χ1) is 9.91. The highest BCUT2D eigenvalue weighted by molar-refractivity contribution is 6.08. The fraction of sp³-hybridized carbons (Fsp3) is 0.800. The number of nitrogens with zero attached hydrogens (tertiary/aromatic N) is 1. The van der Waals surface area contributed by atoms with Crippen molar-refractivity contribution in [2.75, 3.05) is 6.54 Å². The van der Waals surface area contributed by atoms with Crippen molar-refractivity contribution in [3.8, 4) is 0 Å². The molecule has 0 aromatic rings. The van der Waals surface area contributed by atoms with Gasteiger partial charge in [-0.25, -0.2) is 9.59 Å². The summed E-state index contributed by atoms with van der Waals surface area (Å²) in [6.45, 7) is 8.63. The zero-order valence-electron chi connectivity index (χ0n) is 13.9. The Labute approximate surface area is 130 Å². The first-order valence-electron chi connectivity index (χ1n) is 7.47. The molecule has 1 rings (SSSR count). The molecule has 22 heavy (non-hydrogen) atoms. The number of rotatable bonds is 4. The zero-order valence-corrected chi connectivity index (χ0v) is 13.9. The number of amides is 1. The molecule has 1 aliphatic heterocycles. The fourth-order valence-electron chi connectivity index (χ4n) is 2.44.